The van der Waals surface area contributed by atoms with Crippen LogP contribution < -0.4 is 16.0 Å². The summed E-state index contributed by atoms with van der Waals surface area (Å²) in [6.07, 6.45) is 0.221. The second-order valence-corrected chi connectivity index (χ2v) is 9.96. The van der Waals surface area contributed by atoms with E-state index in [1.54, 1.807) is 20.8 Å². The van der Waals surface area contributed by atoms with Crippen LogP contribution in [0.3, 0.4) is 0 Å². The van der Waals surface area contributed by atoms with Gasteiger partial charge in [0.1, 0.15) is 24.3 Å². The minimum absolute atomic E-state index is 0.0413. The third-order valence-electron chi connectivity index (χ3n) is 5.49. The van der Waals surface area contributed by atoms with Crippen LogP contribution in [0.5, 0.6) is 0 Å². The predicted molar refractivity (Wildman–Crippen MR) is 146 cm³/mol. The van der Waals surface area contributed by atoms with Crippen LogP contribution in [0.2, 0.25) is 0 Å². The third-order valence-corrected chi connectivity index (χ3v) is 5.49. The summed E-state index contributed by atoms with van der Waals surface area (Å²) in [5.41, 5.74) is 1.04. The fraction of sp³-hybridized carbons (Fsp3) is 0.448. The maximum atomic E-state index is 13.2. The monoisotopic (exact) mass is 541 g/mol. The highest BCUT2D eigenvalue weighted by Crippen LogP contribution is 2.09. The lowest BCUT2D eigenvalue weighted by molar-refractivity contribution is -0.145. The molecule has 0 aliphatic rings. The molecule has 2 rings (SSSR count). The Hall–Kier alpha value is -4.08. The van der Waals surface area contributed by atoms with E-state index in [4.69, 9.17) is 14.2 Å². The molecule has 0 fully saturated rings. The first-order chi connectivity index (χ1) is 18.6. The average molecular weight is 542 g/mol. The molecule has 2 atom stereocenters. The Morgan fingerprint density at radius 2 is 1.41 bits per heavy atom. The highest BCUT2D eigenvalue weighted by molar-refractivity contribution is 5.89. The molecule has 0 bridgehead atoms. The molecule has 0 aliphatic carbocycles. The Labute approximate surface area is 229 Å². The molecule has 3 amide bonds. The van der Waals surface area contributed by atoms with Crippen LogP contribution in [0.1, 0.15) is 51.2 Å². The highest BCUT2D eigenvalue weighted by atomic mass is 16.6. The number of esters is 1. The van der Waals surface area contributed by atoms with Gasteiger partial charge in [0.2, 0.25) is 5.91 Å². The third kappa shape index (κ3) is 12.8. The quantitative estimate of drug-likeness (QED) is 0.199. The summed E-state index contributed by atoms with van der Waals surface area (Å²) < 4.78 is 15.4. The Morgan fingerprint density at radius 1 is 0.795 bits per heavy atom. The van der Waals surface area contributed by atoms with Crippen molar-refractivity contribution in [3.8, 4) is 0 Å². The molecule has 0 saturated heterocycles. The number of rotatable bonds is 13. The van der Waals surface area contributed by atoms with Gasteiger partial charge in [-0.1, -0.05) is 60.7 Å². The summed E-state index contributed by atoms with van der Waals surface area (Å²) in [4.78, 5) is 50.0. The van der Waals surface area contributed by atoms with E-state index in [9.17, 15) is 19.2 Å². The van der Waals surface area contributed by atoms with Gasteiger partial charge in [-0.2, -0.15) is 0 Å². The number of ether oxygens (including phenoxy) is 3. The van der Waals surface area contributed by atoms with E-state index in [2.05, 4.69) is 16.0 Å². The first-order valence-electron chi connectivity index (χ1n) is 12.9. The van der Waals surface area contributed by atoms with Crippen LogP contribution >= 0.6 is 0 Å². The number of hydrogen-bond donors (Lipinski definition) is 3. The van der Waals surface area contributed by atoms with Crippen molar-refractivity contribution in [3.63, 3.8) is 0 Å². The van der Waals surface area contributed by atoms with Gasteiger partial charge < -0.3 is 30.2 Å². The highest BCUT2D eigenvalue weighted by Gasteiger charge is 2.28. The molecule has 0 unspecified atom stereocenters. The van der Waals surface area contributed by atoms with Gasteiger partial charge in [-0.3, -0.25) is 4.79 Å². The molecule has 3 N–H and O–H groups in total. The largest absolute Gasteiger partial charge is 0.467 e. The molecule has 0 spiro atoms. The summed E-state index contributed by atoms with van der Waals surface area (Å²) in [6.45, 7) is 5.70. The fourth-order valence-corrected chi connectivity index (χ4v) is 3.61. The van der Waals surface area contributed by atoms with Gasteiger partial charge in [-0.15, -0.1) is 0 Å². The molecular formula is C29H39N3O7. The van der Waals surface area contributed by atoms with Crippen molar-refractivity contribution in [2.24, 2.45) is 0 Å². The topological polar surface area (TPSA) is 132 Å². The molecule has 39 heavy (non-hydrogen) atoms. The molecule has 0 radical (unpaired) electrons. The van der Waals surface area contributed by atoms with E-state index in [1.807, 2.05) is 60.7 Å². The summed E-state index contributed by atoms with van der Waals surface area (Å²) in [5, 5.41) is 7.98. The molecular weight excluding hydrogens is 502 g/mol. The van der Waals surface area contributed by atoms with Crippen LogP contribution in [0, 0.1) is 0 Å². The zero-order valence-corrected chi connectivity index (χ0v) is 23.0. The normalized spacial score (nSPS) is 12.4. The summed E-state index contributed by atoms with van der Waals surface area (Å²) in [7, 11) is 1.25. The maximum Gasteiger partial charge on any atom is 0.408 e. The van der Waals surface area contributed by atoms with Gasteiger partial charge in [-0.05, 0) is 51.2 Å². The number of unbranched alkanes of at least 4 members (excludes halogenated alkanes) is 1. The summed E-state index contributed by atoms with van der Waals surface area (Å²) in [5.74, 6) is -1.14. The molecule has 2 aromatic rings. The predicted octanol–water partition coefficient (Wildman–Crippen LogP) is 3.88. The van der Waals surface area contributed by atoms with Crippen LogP contribution in [-0.2, 0) is 36.8 Å². The standard InChI is InChI=1S/C29H39N3O7/c1-29(2,3)39-27(35)30-18-12-11-17-23(32-28(36)38-20-22-15-9-6-10-16-22)25(33)31-24(26(34)37-4)19-21-13-7-5-8-14-21/h5-10,13-16,23-24H,11-12,17-20H2,1-4H3,(H,30,35)(H,31,33)(H,32,36)/t23-,24+/m1/s1. The molecule has 0 heterocycles. The number of carbonyl (C=O) groups is 4. The van der Waals surface area contributed by atoms with E-state index in [-0.39, 0.29) is 19.4 Å². The molecule has 212 valence electrons. The van der Waals surface area contributed by atoms with Crippen molar-refractivity contribution in [1.82, 2.24) is 16.0 Å². The van der Waals surface area contributed by atoms with E-state index in [1.165, 1.54) is 7.11 Å². The Morgan fingerprint density at radius 3 is 2.00 bits per heavy atom. The van der Waals surface area contributed by atoms with Crippen molar-refractivity contribution in [3.05, 3.63) is 71.8 Å². The lowest BCUT2D eigenvalue weighted by Crippen LogP contribution is -2.52. The zero-order valence-electron chi connectivity index (χ0n) is 23.0. The van der Waals surface area contributed by atoms with Gasteiger partial charge in [0, 0.05) is 13.0 Å². The zero-order chi connectivity index (χ0) is 28.7. The first kappa shape index (κ1) is 31.1. The number of carbonyl (C=O) groups excluding carboxylic acids is 4. The molecule has 0 aliphatic heterocycles. The van der Waals surface area contributed by atoms with Gasteiger partial charge in [0.15, 0.2) is 0 Å². The lowest BCUT2D eigenvalue weighted by atomic mass is 10.0. The van der Waals surface area contributed by atoms with E-state index in [0.29, 0.717) is 19.4 Å². The Balaban J connectivity index is 1.99. The van der Waals surface area contributed by atoms with Gasteiger partial charge in [0.25, 0.3) is 0 Å². The van der Waals surface area contributed by atoms with E-state index >= 15 is 0 Å². The van der Waals surface area contributed by atoms with E-state index < -0.39 is 41.7 Å². The number of amides is 3. The molecule has 2 aromatic carbocycles. The van der Waals surface area contributed by atoms with Crippen molar-refractivity contribution in [2.45, 2.75) is 70.7 Å². The van der Waals surface area contributed by atoms with E-state index in [0.717, 1.165) is 11.1 Å². The minimum Gasteiger partial charge on any atom is -0.467 e. The van der Waals surface area contributed by atoms with Crippen molar-refractivity contribution in [1.29, 1.82) is 0 Å². The van der Waals surface area contributed by atoms with Gasteiger partial charge in [-0.25, -0.2) is 14.4 Å². The Bertz CT molecular complexity index is 1060. The van der Waals surface area contributed by atoms with Crippen LogP contribution in [-0.4, -0.2) is 55.4 Å². The van der Waals surface area contributed by atoms with Crippen LogP contribution in [0.4, 0.5) is 9.59 Å². The van der Waals surface area contributed by atoms with Crippen LogP contribution in [0.15, 0.2) is 60.7 Å². The van der Waals surface area contributed by atoms with Gasteiger partial charge >= 0.3 is 18.2 Å². The van der Waals surface area contributed by atoms with Crippen LogP contribution in [0.25, 0.3) is 0 Å². The molecule has 0 aromatic heterocycles. The van der Waals surface area contributed by atoms with Crippen molar-refractivity contribution < 1.29 is 33.4 Å². The van der Waals surface area contributed by atoms with Gasteiger partial charge in [0.05, 0.1) is 7.11 Å². The SMILES string of the molecule is COC(=O)[C@H](Cc1ccccc1)NC(=O)[C@@H](CCCCNC(=O)OC(C)(C)C)NC(=O)OCc1ccccc1. The number of hydrogen-bond acceptors (Lipinski definition) is 7. The first-order valence-corrected chi connectivity index (χ1v) is 12.9. The lowest BCUT2D eigenvalue weighted by Gasteiger charge is -2.22. The number of methoxy groups -OCH3 is 1. The van der Waals surface area contributed by atoms with Crippen molar-refractivity contribution >= 4 is 24.1 Å². The second kappa shape index (κ2) is 16.0. The number of nitrogens with one attached hydrogen (secondary N) is 3. The smallest absolute Gasteiger partial charge is 0.408 e. The molecule has 10 heteroatoms. The molecule has 0 saturated carbocycles. The van der Waals surface area contributed by atoms with Crippen molar-refractivity contribution in [2.75, 3.05) is 13.7 Å². The fourth-order valence-electron chi connectivity index (χ4n) is 3.61. The maximum absolute atomic E-state index is 13.2. The molecule has 10 nitrogen and oxygen atoms in total. The average Bonchev–Trinajstić information content (AvgIpc) is 2.90. The summed E-state index contributed by atoms with van der Waals surface area (Å²) in [6, 6.07) is 16.5. The number of alkyl carbamates (subject to hydrolysis) is 2. The minimum atomic E-state index is -0.974. The Kier molecular flexibility index (Phi) is 12.8. The second-order valence-electron chi connectivity index (χ2n) is 9.96. The summed E-state index contributed by atoms with van der Waals surface area (Å²) >= 11 is 0. The number of benzene rings is 2.